The quantitative estimate of drug-likeness (QED) is 0.455. The first kappa shape index (κ1) is 19.6. The largest absolute Gasteiger partial charge is 0.393 e. The van der Waals surface area contributed by atoms with Crippen LogP contribution in [0.15, 0.2) is 42.5 Å². The van der Waals surface area contributed by atoms with Gasteiger partial charge >= 0.3 is 0 Å². The Labute approximate surface area is 140 Å². The van der Waals surface area contributed by atoms with Crippen LogP contribution in [-0.2, 0) is 11.2 Å². The summed E-state index contributed by atoms with van der Waals surface area (Å²) in [4.78, 5) is 11.7. The normalized spacial score (nSPS) is 14.0. The Hall–Kier alpha value is -1.45. The predicted molar refractivity (Wildman–Crippen MR) is 94.3 cm³/mol. The van der Waals surface area contributed by atoms with Gasteiger partial charge in [-0.2, -0.15) is 0 Å². The fourth-order valence-corrected chi connectivity index (χ4v) is 2.49. The lowest BCUT2D eigenvalue weighted by Gasteiger charge is -2.10. The lowest BCUT2D eigenvalue weighted by molar-refractivity contribution is -0.119. The number of allylic oxidation sites excluding steroid dienone is 1. The van der Waals surface area contributed by atoms with Crippen molar-refractivity contribution in [1.82, 2.24) is 0 Å². The number of aliphatic hydroxyl groups is 2. The molecule has 3 heteroatoms. The van der Waals surface area contributed by atoms with E-state index in [0.717, 1.165) is 32.1 Å². The molecule has 0 aliphatic carbocycles. The number of hydrogen-bond acceptors (Lipinski definition) is 3. The van der Waals surface area contributed by atoms with Gasteiger partial charge in [0.2, 0.25) is 0 Å². The summed E-state index contributed by atoms with van der Waals surface area (Å²) in [6.45, 7) is 1.71. The van der Waals surface area contributed by atoms with Gasteiger partial charge in [0, 0.05) is 12.8 Å². The molecule has 2 N–H and O–H groups in total. The number of unbranched alkanes of at least 4 members (excludes halogenated alkanes) is 1. The minimum absolute atomic E-state index is 0.269. The Morgan fingerprint density at radius 3 is 2.48 bits per heavy atom. The van der Waals surface area contributed by atoms with E-state index in [1.54, 1.807) is 13.0 Å². The van der Waals surface area contributed by atoms with Crippen LogP contribution in [0.1, 0.15) is 57.4 Å². The average Bonchev–Trinajstić information content (AvgIpc) is 2.53. The SMILES string of the molecule is C[C@@H](O)/C=C/CCCC(=O)CCC[C@@H](O)CCc1ccccc1. The molecular weight excluding hydrogens is 288 g/mol. The lowest BCUT2D eigenvalue weighted by atomic mass is 10.0. The Kier molecular flexibility index (Phi) is 10.3. The monoisotopic (exact) mass is 318 g/mol. The molecule has 0 saturated heterocycles. The van der Waals surface area contributed by atoms with Gasteiger partial charge in [0.25, 0.3) is 0 Å². The number of hydrogen-bond donors (Lipinski definition) is 2. The van der Waals surface area contributed by atoms with Crippen molar-refractivity contribution in [2.24, 2.45) is 0 Å². The lowest BCUT2D eigenvalue weighted by Crippen LogP contribution is -2.09. The molecule has 2 atom stereocenters. The van der Waals surface area contributed by atoms with Crippen molar-refractivity contribution in [3.63, 3.8) is 0 Å². The summed E-state index contributed by atoms with van der Waals surface area (Å²) in [6, 6.07) is 10.2. The van der Waals surface area contributed by atoms with Crippen LogP contribution in [0.25, 0.3) is 0 Å². The zero-order chi connectivity index (χ0) is 16.9. The van der Waals surface area contributed by atoms with Crippen LogP contribution in [0.3, 0.4) is 0 Å². The Bertz CT molecular complexity index is 451. The summed E-state index contributed by atoms with van der Waals surface area (Å²) in [7, 11) is 0. The smallest absolute Gasteiger partial charge is 0.132 e. The number of aliphatic hydroxyl groups excluding tert-OH is 2. The molecule has 0 radical (unpaired) electrons. The van der Waals surface area contributed by atoms with Crippen LogP contribution in [0.5, 0.6) is 0 Å². The molecule has 1 aromatic carbocycles. The van der Waals surface area contributed by atoms with Crippen LogP contribution < -0.4 is 0 Å². The van der Waals surface area contributed by atoms with E-state index >= 15 is 0 Å². The van der Waals surface area contributed by atoms with Gasteiger partial charge in [0.15, 0.2) is 0 Å². The van der Waals surface area contributed by atoms with Crippen LogP contribution in [-0.4, -0.2) is 28.2 Å². The molecule has 0 heterocycles. The number of aryl methyl sites for hydroxylation is 1. The maximum Gasteiger partial charge on any atom is 0.132 e. The summed E-state index contributed by atoms with van der Waals surface area (Å²) in [5, 5.41) is 19.0. The molecule has 0 aromatic heterocycles. The highest BCUT2D eigenvalue weighted by Crippen LogP contribution is 2.11. The van der Waals surface area contributed by atoms with E-state index in [4.69, 9.17) is 5.11 Å². The molecule has 1 rings (SSSR count). The fraction of sp³-hybridized carbons (Fsp3) is 0.550. The van der Waals surface area contributed by atoms with Crippen molar-refractivity contribution in [2.75, 3.05) is 0 Å². The minimum atomic E-state index is -0.414. The van der Waals surface area contributed by atoms with E-state index < -0.39 is 6.10 Å². The summed E-state index contributed by atoms with van der Waals surface area (Å²) < 4.78 is 0. The molecule has 1 aromatic rings. The molecule has 0 spiro atoms. The van der Waals surface area contributed by atoms with Gasteiger partial charge in [-0.1, -0.05) is 42.5 Å². The van der Waals surface area contributed by atoms with E-state index in [-0.39, 0.29) is 11.9 Å². The molecule has 0 amide bonds. The molecule has 0 aliphatic rings. The third kappa shape index (κ3) is 10.8. The molecule has 0 aliphatic heterocycles. The summed E-state index contributed by atoms with van der Waals surface area (Å²) in [5.74, 6) is 0.269. The zero-order valence-corrected chi connectivity index (χ0v) is 14.2. The first-order valence-electron chi connectivity index (χ1n) is 8.66. The van der Waals surface area contributed by atoms with Crippen molar-refractivity contribution in [3.05, 3.63) is 48.0 Å². The average molecular weight is 318 g/mol. The van der Waals surface area contributed by atoms with Gasteiger partial charge in [-0.05, 0) is 51.0 Å². The third-order valence-corrected chi connectivity index (χ3v) is 3.84. The first-order valence-corrected chi connectivity index (χ1v) is 8.66. The second-order valence-electron chi connectivity index (χ2n) is 6.17. The summed E-state index contributed by atoms with van der Waals surface area (Å²) >= 11 is 0. The topological polar surface area (TPSA) is 57.5 Å². The van der Waals surface area contributed by atoms with Crippen LogP contribution in [0.4, 0.5) is 0 Å². The Morgan fingerprint density at radius 2 is 1.78 bits per heavy atom. The Balaban J connectivity index is 2.03. The van der Waals surface area contributed by atoms with Crippen molar-refractivity contribution < 1.29 is 15.0 Å². The third-order valence-electron chi connectivity index (χ3n) is 3.84. The van der Waals surface area contributed by atoms with Crippen molar-refractivity contribution in [3.8, 4) is 0 Å². The van der Waals surface area contributed by atoms with E-state index in [1.807, 2.05) is 24.3 Å². The molecule has 0 saturated carbocycles. The number of Topliss-reactive ketones (excluding diaryl/α,β-unsaturated/α-hetero) is 1. The number of carbonyl (C=O) groups excluding carboxylic acids is 1. The van der Waals surface area contributed by atoms with E-state index in [0.29, 0.717) is 19.3 Å². The minimum Gasteiger partial charge on any atom is -0.393 e. The van der Waals surface area contributed by atoms with Crippen LogP contribution in [0.2, 0.25) is 0 Å². The van der Waals surface area contributed by atoms with Gasteiger partial charge in [-0.15, -0.1) is 0 Å². The van der Waals surface area contributed by atoms with Gasteiger partial charge in [-0.25, -0.2) is 0 Å². The van der Waals surface area contributed by atoms with Crippen molar-refractivity contribution in [2.45, 2.75) is 70.5 Å². The number of benzene rings is 1. The maximum atomic E-state index is 11.7. The summed E-state index contributed by atoms with van der Waals surface area (Å²) in [6.07, 6.45) is 8.83. The van der Waals surface area contributed by atoms with E-state index in [2.05, 4.69) is 12.1 Å². The van der Waals surface area contributed by atoms with Gasteiger partial charge in [0.05, 0.1) is 12.2 Å². The van der Waals surface area contributed by atoms with Gasteiger partial charge in [0.1, 0.15) is 5.78 Å². The highest BCUT2D eigenvalue weighted by Gasteiger charge is 2.07. The second kappa shape index (κ2) is 12.0. The summed E-state index contributed by atoms with van der Waals surface area (Å²) in [5.41, 5.74) is 1.24. The van der Waals surface area contributed by atoms with Crippen molar-refractivity contribution >= 4 is 5.78 Å². The highest BCUT2D eigenvalue weighted by atomic mass is 16.3. The maximum absolute atomic E-state index is 11.7. The first-order chi connectivity index (χ1) is 11.1. The molecule has 0 fully saturated rings. The van der Waals surface area contributed by atoms with E-state index in [1.165, 1.54) is 5.56 Å². The van der Waals surface area contributed by atoms with Gasteiger partial charge in [-0.3, -0.25) is 4.79 Å². The predicted octanol–water partition coefficient (Wildman–Crippen LogP) is 3.83. The number of carbonyl (C=O) groups is 1. The molecule has 128 valence electrons. The second-order valence-corrected chi connectivity index (χ2v) is 6.17. The van der Waals surface area contributed by atoms with Crippen molar-refractivity contribution in [1.29, 1.82) is 0 Å². The zero-order valence-electron chi connectivity index (χ0n) is 14.2. The number of ketones is 1. The number of rotatable bonds is 12. The standard InChI is InChI=1S/C20H30O3/c1-17(21)9-4-2-7-12-19(22)13-8-14-20(23)16-15-18-10-5-3-6-11-18/h3-6,9-11,17,20-21,23H,2,7-8,12-16H2,1H3/b9-4+/t17-,20-/m1/s1. The van der Waals surface area contributed by atoms with E-state index in [9.17, 15) is 9.90 Å². The van der Waals surface area contributed by atoms with Crippen LogP contribution >= 0.6 is 0 Å². The molecule has 0 bridgehead atoms. The molecule has 0 unspecified atom stereocenters. The Morgan fingerprint density at radius 1 is 1.09 bits per heavy atom. The molecule has 23 heavy (non-hydrogen) atoms. The highest BCUT2D eigenvalue weighted by molar-refractivity contribution is 5.78. The van der Waals surface area contributed by atoms with Crippen LogP contribution in [0, 0.1) is 0 Å². The molecular formula is C20H30O3. The fourth-order valence-electron chi connectivity index (χ4n) is 2.49. The molecule has 3 nitrogen and oxygen atoms in total. The van der Waals surface area contributed by atoms with Gasteiger partial charge < -0.3 is 10.2 Å².